The van der Waals surface area contributed by atoms with Crippen molar-refractivity contribution in [2.75, 3.05) is 0 Å². The zero-order valence-corrected chi connectivity index (χ0v) is 11.0. The van der Waals surface area contributed by atoms with E-state index in [0.29, 0.717) is 4.47 Å². The molecule has 0 aliphatic carbocycles. The van der Waals surface area contributed by atoms with Gasteiger partial charge in [-0.25, -0.2) is 8.42 Å². The Labute approximate surface area is 101 Å². The van der Waals surface area contributed by atoms with Gasteiger partial charge in [0.25, 0.3) is 9.05 Å². The Morgan fingerprint density at radius 3 is 2.47 bits per heavy atom. The monoisotopic (exact) mass is 310 g/mol. The lowest BCUT2D eigenvalue weighted by Gasteiger charge is -2.03. The number of rotatable bonds is 3. The maximum Gasteiger partial charge on any atom is 0.261 e. The minimum atomic E-state index is -3.71. The molecule has 15 heavy (non-hydrogen) atoms. The molecule has 0 spiro atoms. The van der Waals surface area contributed by atoms with Crippen molar-refractivity contribution in [1.82, 2.24) is 0 Å². The highest BCUT2D eigenvalue weighted by molar-refractivity contribution is 9.10. The Hall–Kier alpha value is -0.390. The van der Waals surface area contributed by atoms with Crippen LogP contribution in [0.2, 0.25) is 0 Å². The zero-order valence-electron chi connectivity index (χ0n) is 7.83. The van der Waals surface area contributed by atoms with Crippen molar-refractivity contribution in [2.24, 2.45) is 0 Å². The molecule has 0 unspecified atom stereocenters. The summed E-state index contributed by atoms with van der Waals surface area (Å²) < 4.78 is 22.6. The fraction of sp³-hybridized carbons (Fsp3) is 0.222. The van der Waals surface area contributed by atoms with Gasteiger partial charge in [0.05, 0.1) is 4.90 Å². The van der Waals surface area contributed by atoms with Crippen molar-refractivity contribution >= 4 is 41.4 Å². The number of carbonyl (C=O) groups is 1. The Morgan fingerprint density at radius 2 is 2.07 bits per heavy atom. The van der Waals surface area contributed by atoms with Crippen molar-refractivity contribution < 1.29 is 13.2 Å². The molecular weight excluding hydrogens is 304 g/mol. The van der Waals surface area contributed by atoms with Gasteiger partial charge in [-0.1, -0.05) is 22.0 Å². The van der Waals surface area contributed by atoms with Crippen LogP contribution in [0, 0.1) is 0 Å². The lowest BCUT2D eigenvalue weighted by Crippen LogP contribution is -1.99. The average molecular weight is 312 g/mol. The first-order valence-electron chi connectivity index (χ1n) is 4.03. The molecule has 6 heteroatoms. The molecule has 0 amide bonds. The fourth-order valence-corrected chi connectivity index (χ4v) is 2.54. The van der Waals surface area contributed by atoms with Gasteiger partial charge in [0.1, 0.15) is 5.78 Å². The van der Waals surface area contributed by atoms with Crippen LogP contribution in [0.25, 0.3) is 0 Å². The van der Waals surface area contributed by atoms with Crippen LogP contribution in [0.1, 0.15) is 12.5 Å². The molecule has 0 fully saturated rings. The van der Waals surface area contributed by atoms with Crippen LogP contribution in [0.5, 0.6) is 0 Å². The van der Waals surface area contributed by atoms with Crippen LogP contribution in [0.3, 0.4) is 0 Å². The number of Topliss-reactive ketones (excluding diaryl/α,β-unsaturated/α-hetero) is 1. The van der Waals surface area contributed by atoms with Crippen molar-refractivity contribution in [3.05, 3.63) is 28.2 Å². The number of benzene rings is 1. The van der Waals surface area contributed by atoms with E-state index in [0.717, 1.165) is 5.56 Å². The van der Waals surface area contributed by atoms with E-state index >= 15 is 0 Å². The van der Waals surface area contributed by atoms with Gasteiger partial charge in [0.2, 0.25) is 0 Å². The smallest absolute Gasteiger partial charge is 0.261 e. The van der Waals surface area contributed by atoms with Crippen LogP contribution in [-0.4, -0.2) is 14.2 Å². The Balaban J connectivity index is 3.15. The Bertz CT molecular complexity index is 496. The quantitative estimate of drug-likeness (QED) is 0.806. The maximum absolute atomic E-state index is 11.0. The van der Waals surface area contributed by atoms with Gasteiger partial charge in [-0.15, -0.1) is 0 Å². The minimum absolute atomic E-state index is 0.0113. The summed E-state index contributed by atoms with van der Waals surface area (Å²) in [5.41, 5.74) is 0.742. The molecule has 82 valence electrons. The summed E-state index contributed by atoms with van der Waals surface area (Å²) in [4.78, 5) is 10.9. The van der Waals surface area contributed by atoms with Gasteiger partial charge in [-0.2, -0.15) is 0 Å². The summed E-state index contributed by atoms with van der Waals surface area (Å²) in [5.74, 6) is 0.0113. The lowest BCUT2D eigenvalue weighted by atomic mass is 10.1. The summed E-state index contributed by atoms with van der Waals surface area (Å²) in [5, 5.41) is 0. The highest BCUT2D eigenvalue weighted by Crippen LogP contribution is 2.24. The van der Waals surface area contributed by atoms with Gasteiger partial charge < -0.3 is 0 Å². The van der Waals surface area contributed by atoms with E-state index in [9.17, 15) is 13.2 Å². The molecule has 3 nitrogen and oxygen atoms in total. The molecule has 0 radical (unpaired) electrons. The molecule has 1 aromatic carbocycles. The molecule has 1 aromatic rings. The van der Waals surface area contributed by atoms with Crippen molar-refractivity contribution in [1.29, 1.82) is 0 Å². The molecule has 0 aromatic heterocycles. The van der Waals surface area contributed by atoms with E-state index in [1.165, 1.54) is 19.1 Å². The van der Waals surface area contributed by atoms with Gasteiger partial charge in [-0.3, -0.25) is 4.79 Å². The van der Waals surface area contributed by atoms with Crippen molar-refractivity contribution in [2.45, 2.75) is 18.2 Å². The van der Waals surface area contributed by atoms with Crippen LogP contribution in [0.4, 0.5) is 0 Å². The third-order valence-corrected chi connectivity index (χ3v) is 3.84. The lowest BCUT2D eigenvalue weighted by molar-refractivity contribution is -0.116. The van der Waals surface area contributed by atoms with Crippen molar-refractivity contribution in [3.8, 4) is 0 Å². The predicted molar refractivity (Wildman–Crippen MR) is 61.6 cm³/mol. The SMILES string of the molecule is CC(=O)Cc1ccc(S(=O)(=O)Cl)cc1Br. The minimum Gasteiger partial charge on any atom is -0.300 e. The summed E-state index contributed by atoms with van der Waals surface area (Å²) in [6.07, 6.45) is 0.267. The molecular formula is C9H8BrClO3S. The van der Waals surface area contributed by atoms with Gasteiger partial charge in [0, 0.05) is 21.6 Å². The van der Waals surface area contributed by atoms with Gasteiger partial charge >= 0.3 is 0 Å². The third-order valence-electron chi connectivity index (χ3n) is 1.75. The third kappa shape index (κ3) is 3.59. The second-order valence-corrected chi connectivity index (χ2v) is 6.49. The topological polar surface area (TPSA) is 51.2 Å². The number of halogens is 2. The summed E-state index contributed by atoms with van der Waals surface area (Å²) >= 11 is 3.19. The number of ketones is 1. The first-order valence-corrected chi connectivity index (χ1v) is 7.13. The molecule has 0 heterocycles. The molecule has 0 saturated heterocycles. The molecule has 1 rings (SSSR count). The average Bonchev–Trinajstić information content (AvgIpc) is 2.05. The first-order chi connectivity index (χ1) is 6.80. The van der Waals surface area contributed by atoms with E-state index in [1.54, 1.807) is 6.07 Å². The summed E-state index contributed by atoms with van der Waals surface area (Å²) in [6, 6.07) is 4.34. The molecule has 0 N–H and O–H groups in total. The van der Waals surface area contributed by atoms with E-state index in [4.69, 9.17) is 10.7 Å². The van der Waals surface area contributed by atoms with E-state index in [1.807, 2.05) is 0 Å². The molecule has 0 saturated carbocycles. The van der Waals surface area contributed by atoms with Gasteiger partial charge in [0.15, 0.2) is 0 Å². The maximum atomic E-state index is 11.0. The second-order valence-electron chi connectivity index (χ2n) is 3.07. The standard InChI is InChI=1S/C9H8BrClO3S/c1-6(12)4-7-2-3-8(5-9(7)10)15(11,13)14/h2-3,5H,4H2,1H3. The molecule has 0 bridgehead atoms. The number of carbonyl (C=O) groups excluding carboxylic acids is 1. The highest BCUT2D eigenvalue weighted by atomic mass is 79.9. The molecule has 0 aliphatic heterocycles. The van der Waals surface area contributed by atoms with E-state index < -0.39 is 9.05 Å². The van der Waals surface area contributed by atoms with Gasteiger partial charge in [-0.05, 0) is 24.6 Å². The van der Waals surface area contributed by atoms with Crippen molar-refractivity contribution in [3.63, 3.8) is 0 Å². The zero-order chi connectivity index (χ0) is 11.6. The summed E-state index contributed by atoms with van der Waals surface area (Å²) in [7, 11) is 1.46. The number of hydrogen-bond acceptors (Lipinski definition) is 3. The van der Waals surface area contributed by atoms with E-state index in [2.05, 4.69) is 15.9 Å². The highest BCUT2D eigenvalue weighted by Gasteiger charge is 2.12. The van der Waals surface area contributed by atoms with E-state index in [-0.39, 0.29) is 17.1 Å². The molecule has 0 aliphatic rings. The normalized spacial score (nSPS) is 11.4. The molecule has 0 atom stereocenters. The fourth-order valence-electron chi connectivity index (χ4n) is 1.09. The Morgan fingerprint density at radius 1 is 1.47 bits per heavy atom. The second kappa shape index (κ2) is 4.63. The largest absolute Gasteiger partial charge is 0.300 e. The predicted octanol–water partition coefficient (Wildman–Crippen LogP) is 2.51. The number of hydrogen-bond donors (Lipinski definition) is 0. The van der Waals surface area contributed by atoms with Crippen LogP contribution < -0.4 is 0 Å². The summed E-state index contributed by atoms with van der Waals surface area (Å²) in [6.45, 7) is 1.47. The van der Waals surface area contributed by atoms with Crippen LogP contribution >= 0.6 is 26.6 Å². The van der Waals surface area contributed by atoms with Crippen LogP contribution in [-0.2, 0) is 20.3 Å². The first kappa shape index (κ1) is 12.7. The van der Waals surface area contributed by atoms with Crippen LogP contribution in [0.15, 0.2) is 27.6 Å². The Kier molecular flexibility index (Phi) is 3.92.